The van der Waals surface area contributed by atoms with Gasteiger partial charge in [0.1, 0.15) is 10.8 Å². The Kier molecular flexibility index (Phi) is 6.38. The van der Waals surface area contributed by atoms with Gasteiger partial charge in [-0.2, -0.15) is 0 Å². The van der Waals surface area contributed by atoms with E-state index in [0.29, 0.717) is 21.4 Å². The van der Waals surface area contributed by atoms with Crippen molar-refractivity contribution in [1.82, 2.24) is 10.2 Å². The fourth-order valence-corrected chi connectivity index (χ4v) is 3.37. The fraction of sp³-hybridized carbons (Fsp3) is 0.0588. The van der Waals surface area contributed by atoms with Crippen LogP contribution in [0, 0.1) is 5.82 Å². The lowest BCUT2D eigenvalue weighted by Crippen LogP contribution is -2.14. The number of carbonyl (C=O) groups excluding carboxylic acids is 2. The van der Waals surface area contributed by atoms with Gasteiger partial charge in [-0.05, 0) is 41.8 Å². The highest BCUT2D eigenvalue weighted by atomic mass is 35.5. The molecule has 0 unspecified atom stereocenters. The van der Waals surface area contributed by atoms with Crippen molar-refractivity contribution >= 4 is 58.0 Å². The molecule has 10 heteroatoms. The number of carbonyl (C=O) groups is 2. The van der Waals surface area contributed by atoms with E-state index in [2.05, 4.69) is 20.8 Å². The topological polar surface area (TPSA) is 84.0 Å². The van der Waals surface area contributed by atoms with Gasteiger partial charge < -0.3 is 10.6 Å². The molecule has 2 N–H and O–H groups in total. The number of rotatable bonds is 6. The summed E-state index contributed by atoms with van der Waals surface area (Å²) in [6, 6.07) is 10.7. The van der Waals surface area contributed by atoms with E-state index in [0.717, 1.165) is 0 Å². The van der Waals surface area contributed by atoms with Crippen LogP contribution in [0.1, 0.15) is 9.67 Å². The average Bonchev–Trinajstić information content (AvgIpc) is 3.19. The molecule has 0 aliphatic heterocycles. The van der Waals surface area contributed by atoms with Crippen molar-refractivity contribution in [2.24, 2.45) is 0 Å². The number of nitrogens with one attached hydrogen (secondary N) is 2. The maximum atomic E-state index is 13.1. The summed E-state index contributed by atoms with van der Waals surface area (Å²) in [5.74, 6) is -0.685. The van der Waals surface area contributed by atoms with Crippen LogP contribution >= 0.6 is 34.7 Å². The zero-order valence-electron chi connectivity index (χ0n) is 13.6. The molecule has 138 valence electrons. The van der Waals surface area contributed by atoms with Crippen molar-refractivity contribution in [3.05, 3.63) is 63.6 Å². The third kappa shape index (κ3) is 5.49. The number of benzene rings is 1. The van der Waals surface area contributed by atoms with Crippen LogP contribution in [0.25, 0.3) is 0 Å². The molecule has 0 aliphatic rings. The van der Waals surface area contributed by atoms with E-state index in [-0.39, 0.29) is 22.6 Å². The zero-order valence-corrected chi connectivity index (χ0v) is 16.0. The van der Waals surface area contributed by atoms with Gasteiger partial charge >= 0.3 is 0 Å². The highest BCUT2D eigenvalue weighted by Gasteiger charge is 2.10. The van der Waals surface area contributed by atoms with Gasteiger partial charge in [0.05, 0.1) is 15.7 Å². The molecule has 0 saturated heterocycles. The molecule has 0 saturated carbocycles. The van der Waals surface area contributed by atoms with E-state index in [4.69, 9.17) is 11.6 Å². The highest BCUT2D eigenvalue weighted by molar-refractivity contribution is 7.99. The van der Waals surface area contributed by atoms with Crippen LogP contribution in [0.2, 0.25) is 5.02 Å². The third-order valence-electron chi connectivity index (χ3n) is 3.18. The molecule has 0 radical (unpaired) electrons. The van der Waals surface area contributed by atoms with Gasteiger partial charge in [-0.15, -0.1) is 21.5 Å². The maximum absolute atomic E-state index is 13.1. The van der Waals surface area contributed by atoms with Gasteiger partial charge in [0.2, 0.25) is 5.91 Å². The van der Waals surface area contributed by atoms with Crippen molar-refractivity contribution in [3.8, 4) is 0 Å². The fourth-order valence-electron chi connectivity index (χ4n) is 1.96. The molecular weight excluding hydrogens is 411 g/mol. The van der Waals surface area contributed by atoms with Gasteiger partial charge in [0, 0.05) is 5.69 Å². The van der Waals surface area contributed by atoms with Gasteiger partial charge in [-0.1, -0.05) is 29.4 Å². The van der Waals surface area contributed by atoms with E-state index in [1.165, 1.54) is 41.3 Å². The molecule has 1 aromatic carbocycles. The van der Waals surface area contributed by atoms with Crippen LogP contribution in [0.4, 0.5) is 15.9 Å². The zero-order chi connectivity index (χ0) is 19.2. The Labute approximate surface area is 167 Å². The Morgan fingerprint density at radius 3 is 2.67 bits per heavy atom. The number of hydrogen-bond acceptors (Lipinski definition) is 6. The summed E-state index contributed by atoms with van der Waals surface area (Å²) < 4.78 is 13.1. The molecular formula is C17H12ClFN4O2S2. The van der Waals surface area contributed by atoms with E-state index in [1.807, 2.05) is 5.38 Å². The van der Waals surface area contributed by atoms with Gasteiger partial charge in [0.15, 0.2) is 5.82 Å². The Morgan fingerprint density at radius 1 is 1.15 bits per heavy atom. The summed E-state index contributed by atoms with van der Waals surface area (Å²) in [4.78, 5) is 24.5. The second-order valence-electron chi connectivity index (χ2n) is 5.15. The SMILES string of the molecule is O=C(CSc1ccc(NC(=O)c2cccs2)nn1)Nc1ccc(F)c(Cl)c1. The molecule has 3 rings (SSSR count). The Balaban J connectivity index is 1.50. The van der Waals surface area contributed by atoms with Crippen molar-refractivity contribution in [2.45, 2.75) is 5.03 Å². The van der Waals surface area contributed by atoms with Crippen molar-refractivity contribution in [1.29, 1.82) is 0 Å². The summed E-state index contributed by atoms with van der Waals surface area (Å²) >= 11 is 8.18. The standard InChI is InChI=1S/C17H12ClFN4O2S2/c18-11-8-10(3-4-12(11)19)20-15(24)9-27-16-6-5-14(22-23-16)21-17(25)13-2-1-7-26-13/h1-8H,9H2,(H,20,24)(H,21,22,25). The lowest BCUT2D eigenvalue weighted by Gasteiger charge is -2.06. The summed E-state index contributed by atoms with van der Waals surface area (Å²) in [6.45, 7) is 0. The van der Waals surface area contributed by atoms with E-state index >= 15 is 0 Å². The summed E-state index contributed by atoms with van der Waals surface area (Å²) in [7, 11) is 0. The Hall–Kier alpha value is -2.49. The van der Waals surface area contributed by atoms with Crippen LogP contribution in [-0.4, -0.2) is 27.8 Å². The van der Waals surface area contributed by atoms with Crippen LogP contribution in [0.15, 0.2) is 52.9 Å². The Bertz CT molecular complexity index is 952. The normalized spacial score (nSPS) is 10.4. The largest absolute Gasteiger partial charge is 0.325 e. The molecule has 2 heterocycles. The molecule has 0 bridgehead atoms. The van der Waals surface area contributed by atoms with Crippen LogP contribution in [-0.2, 0) is 4.79 Å². The monoisotopic (exact) mass is 422 g/mol. The summed E-state index contributed by atoms with van der Waals surface area (Å²) in [5, 5.41) is 15.4. The minimum absolute atomic E-state index is 0.0634. The molecule has 2 aromatic heterocycles. The summed E-state index contributed by atoms with van der Waals surface area (Å²) in [5.41, 5.74) is 0.407. The molecule has 6 nitrogen and oxygen atoms in total. The predicted molar refractivity (Wildman–Crippen MR) is 105 cm³/mol. The lowest BCUT2D eigenvalue weighted by molar-refractivity contribution is -0.113. The van der Waals surface area contributed by atoms with Gasteiger partial charge in [0.25, 0.3) is 5.91 Å². The smallest absolute Gasteiger partial charge is 0.266 e. The minimum Gasteiger partial charge on any atom is -0.325 e. The number of thioether (sulfide) groups is 1. The second kappa shape index (κ2) is 8.94. The van der Waals surface area contributed by atoms with Gasteiger partial charge in [-0.25, -0.2) is 4.39 Å². The van der Waals surface area contributed by atoms with E-state index in [1.54, 1.807) is 24.3 Å². The number of halogens is 2. The molecule has 0 fully saturated rings. The van der Waals surface area contributed by atoms with Crippen molar-refractivity contribution in [3.63, 3.8) is 0 Å². The number of anilines is 2. The molecule has 27 heavy (non-hydrogen) atoms. The Morgan fingerprint density at radius 2 is 2.00 bits per heavy atom. The van der Waals surface area contributed by atoms with E-state index < -0.39 is 5.82 Å². The third-order valence-corrected chi connectivity index (χ3v) is 5.26. The minimum atomic E-state index is -0.550. The number of hydrogen-bond donors (Lipinski definition) is 2. The quantitative estimate of drug-likeness (QED) is 0.578. The number of amides is 2. The molecule has 3 aromatic rings. The first kappa shape index (κ1) is 19.3. The number of thiophene rings is 1. The number of nitrogens with zero attached hydrogens (tertiary/aromatic N) is 2. The summed E-state index contributed by atoms with van der Waals surface area (Å²) in [6.07, 6.45) is 0. The van der Waals surface area contributed by atoms with E-state index in [9.17, 15) is 14.0 Å². The first-order valence-electron chi connectivity index (χ1n) is 7.57. The number of aromatic nitrogens is 2. The van der Waals surface area contributed by atoms with Gasteiger partial charge in [-0.3, -0.25) is 9.59 Å². The van der Waals surface area contributed by atoms with Crippen LogP contribution < -0.4 is 10.6 Å². The first-order valence-corrected chi connectivity index (χ1v) is 9.82. The lowest BCUT2D eigenvalue weighted by atomic mass is 10.3. The van der Waals surface area contributed by atoms with Crippen molar-refractivity contribution < 1.29 is 14.0 Å². The molecule has 2 amide bonds. The van der Waals surface area contributed by atoms with Crippen LogP contribution in [0.3, 0.4) is 0 Å². The highest BCUT2D eigenvalue weighted by Crippen LogP contribution is 2.21. The van der Waals surface area contributed by atoms with Crippen molar-refractivity contribution in [2.75, 3.05) is 16.4 Å². The van der Waals surface area contributed by atoms with Crippen LogP contribution in [0.5, 0.6) is 0 Å². The second-order valence-corrected chi connectivity index (χ2v) is 7.50. The predicted octanol–water partition coefficient (Wildman–Crippen LogP) is 4.31. The molecule has 0 spiro atoms. The first-order chi connectivity index (χ1) is 13.0. The maximum Gasteiger partial charge on any atom is 0.266 e. The molecule has 0 atom stereocenters. The average molecular weight is 423 g/mol. The molecule has 0 aliphatic carbocycles.